The van der Waals surface area contributed by atoms with E-state index >= 15 is 0 Å². The van der Waals surface area contributed by atoms with Gasteiger partial charge in [-0.1, -0.05) is 5.16 Å². The van der Waals surface area contributed by atoms with Gasteiger partial charge < -0.3 is 14.5 Å². The zero-order chi connectivity index (χ0) is 13.8. The fraction of sp³-hybridized carbons (Fsp3) is 0.167. The lowest BCUT2D eigenvalue weighted by Gasteiger charge is -2.15. The number of carbonyl (C=O) groups is 2. The molecule has 2 rings (SSSR count). The van der Waals surface area contributed by atoms with E-state index in [1.165, 1.54) is 4.90 Å². The van der Waals surface area contributed by atoms with Crippen LogP contribution in [-0.2, 0) is 6.54 Å². The normalized spacial score (nSPS) is 10.2. The van der Waals surface area contributed by atoms with Crippen molar-refractivity contribution >= 4 is 11.9 Å². The van der Waals surface area contributed by atoms with Crippen LogP contribution in [0.3, 0.4) is 0 Å². The quantitative estimate of drug-likeness (QED) is 0.883. The van der Waals surface area contributed by atoms with E-state index in [9.17, 15) is 9.59 Å². The van der Waals surface area contributed by atoms with Gasteiger partial charge in [0.2, 0.25) is 5.76 Å². The van der Waals surface area contributed by atoms with Gasteiger partial charge in [-0.05, 0) is 17.7 Å². The Kier molecular flexibility index (Phi) is 3.56. The molecule has 1 amide bonds. The van der Waals surface area contributed by atoms with Gasteiger partial charge in [0.1, 0.15) is 0 Å². The zero-order valence-corrected chi connectivity index (χ0v) is 10.1. The number of pyridine rings is 1. The van der Waals surface area contributed by atoms with E-state index in [1.807, 2.05) is 0 Å². The van der Waals surface area contributed by atoms with Crippen LogP contribution in [0.5, 0.6) is 0 Å². The molecule has 0 saturated carbocycles. The number of carboxylic acids is 1. The number of carboxylic acid groups (broad SMARTS) is 1. The topological polar surface area (TPSA) is 96.5 Å². The summed E-state index contributed by atoms with van der Waals surface area (Å²) in [5.41, 5.74) is 0.877. The lowest BCUT2D eigenvalue weighted by Crippen LogP contribution is -2.26. The summed E-state index contributed by atoms with van der Waals surface area (Å²) in [6, 6.07) is 4.68. The number of nitrogens with zero attached hydrogens (tertiary/aromatic N) is 3. The Bertz CT molecular complexity index is 594. The number of rotatable bonds is 4. The molecule has 0 aliphatic heterocycles. The maximum Gasteiger partial charge on any atom is 0.374 e. The summed E-state index contributed by atoms with van der Waals surface area (Å²) in [6.07, 6.45) is 3.26. The molecule has 0 fully saturated rings. The van der Waals surface area contributed by atoms with Crippen molar-refractivity contribution in [3.63, 3.8) is 0 Å². The molecule has 0 spiro atoms. The van der Waals surface area contributed by atoms with Crippen molar-refractivity contribution in [2.45, 2.75) is 6.54 Å². The molecule has 1 N–H and O–H groups in total. The van der Waals surface area contributed by atoms with E-state index < -0.39 is 11.9 Å². The van der Waals surface area contributed by atoms with Crippen molar-refractivity contribution in [3.05, 3.63) is 47.6 Å². The minimum Gasteiger partial charge on any atom is -0.475 e. The molecule has 2 heterocycles. The first kappa shape index (κ1) is 12.7. The summed E-state index contributed by atoms with van der Waals surface area (Å²) in [6.45, 7) is 0.372. The second-order valence-corrected chi connectivity index (χ2v) is 3.90. The van der Waals surface area contributed by atoms with E-state index in [0.717, 1.165) is 11.6 Å². The van der Waals surface area contributed by atoms with Crippen LogP contribution in [0.2, 0.25) is 0 Å². The maximum absolute atomic E-state index is 12.0. The van der Waals surface area contributed by atoms with Crippen molar-refractivity contribution in [2.75, 3.05) is 7.05 Å². The second kappa shape index (κ2) is 5.30. The van der Waals surface area contributed by atoms with Gasteiger partial charge in [-0.25, -0.2) is 4.79 Å². The molecule has 0 unspecified atom stereocenters. The molecule has 19 heavy (non-hydrogen) atoms. The molecular weight excluding hydrogens is 250 g/mol. The Labute approximate surface area is 108 Å². The van der Waals surface area contributed by atoms with Crippen LogP contribution < -0.4 is 0 Å². The molecule has 7 heteroatoms. The highest BCUT2D eigenvalue weighted by Gasteiger charge is 2.19. The smallest absolute Gasteiger partial charge is 0.374 e. The molecule has 0 radical (unpaired) electrons. The molecule has 0 bridgehead atoms. The number of hydrogen-bond donors (Lipinski definition) is 1. The van der Waals surface area contributed by atoms with Gasteiger partial charge in [0, 0.05) is 32.1 Å². The van der Waals surface area contributed by atoms with Gasteiger partial charge in [0.15, 0.2) is 5.69 Å². The summed E-state index contributed by atoms with van der Waals surface area (Å²) in [5.74, 6) is -2.03. The van der Waals surface area contributed by atoms with E-state index in [0.29, 0.717) is 6.54 Å². The lowest BCUT2D eigenvalue weighted by atomic mass is 10.2. The maximum atomic E-state index is 12.0. The molecule has 2 aromatic heterocycles. The third kappa shape index (κ3) is 2.95. The molecule has 2 aromatic rings. The molecule has 0 aliphatic rings. The Morgan fingerprint density at radius 3 is 2.63 bits per heavy atom. The van der Waals surface area contributed by atoms with E-state index in [4.69, 9.17) is 5.11 Å². The van der Waals surface area contributed by atoms with Gasteiger partial charge >= 0.3 is 5.97 Å². The molecule has 7 nitrogen and oxygen atoms in total. The number of aromatic carboxylic acids is 1. The minimum absolute atomic E-state index is 0.0334. The third-order valence-corrected chi connectivity index (χ3v) is 2.46. The highest BCUT2D eigenvalue weighted by molar-refractivity contribution is 5.94. The summed E-state index contributed by atoms with van der Waals surface area (Å²) >= 11 is 0. The first-order valence-electron chi connectivity index (χ1n) is 5.42. The van der Waals surface area contributed by atoms with E-state index in [2.05, 4.69) is 14.7 Å². The second-order valence-electron chi connectivity index (χ2n) is 3.90. The van der Waals surface area contributed by atoms with Crippen molar-refractivity contribution in [1.29, 1.82) is 0 Å². The summed E-state index contributed by atoms with van der Waals surface area (Å²) in [5, 5.41) is 12.1. The van der Waals surface area contributed by atoms with E-state index in [1.54, 1.807) is 31.6 Å². The van der Waals surface area contributed by atoms with Crippen LogP contribution >= 0.6 is 0 Å². The summed E-state index contributed by atoms with van der Waals surface area (Å²) in [7, 11) is 1.60. The van der Waals surface area contributed by atoms with Crippen LogP contribution in [0.1, 0.15) is 26.6 Å². The van der Waals surface area contributed by atoms with Crippen molar-refractivity contribution < 1.29 is 19.2 Å². The molecule has 0 saturated heterocycles. The minimum atomic E-state index is -1.26. The molecule has 0 aromatic carbocycles. The monoisotopic (exact) mass is 261 g/mol. The Morgan fingerprint density at radius 1 is 1.37 bits per heavy atom. The number of aromatic nitrogens is 2. The molecular formula is C12H11N3O4. The fourth-order valence-electron chi connectivity index (χ4n) is 1.51. The number of carbonyl (C=O) groups excluding carboxylic acids is 1. The van der Waals surface area contributed by atoms with Crippen LogP contribution in [0, 0.1) is 0 Å². The van der Waals surface area contributed by atoms with Crippen molar-refractivity contribution in [3.8, 4) is 0 Å². The first-order chi connectivity index (χ1) is 9.08. The average Bonchev–Trinajstić information content (AvgIpc) is 2.88. The van der Waals surface area contributed by atoms with Gasteiger partial charge in [-0.3, -0.25) is 9.78 Å². The summed E-state index contributed by atoms with van der Waals surface area (Å²) < 4.78 is 4.54. The first-order valence-corrected chi connectivity index (χ1v) is 5.42. The SMILES string of the molecule is CN(Cc1ccncc1)C(=O)c1cc(C(=O)O)on1. The lowest BCUT2D eigenvalue weighted by molar-refractivity contribution is 0.0649. The highest BCUT2D eigenvalue weighted by atomic mass is 16.5. The Balaban J connectivity index is 2.08. The average molecular weight is 261 g/mol. The predicted molar refractivity (Wildman–Crippen MR) is 63.5 cm³/mol. The van der Waals surface area contributed by atoms with Gasteiger partial charge in [-0.2, -0.15) is 0 Å². The van der Waals surface area contributed by atoms with Gasteiger partial charge in [-0.15, -0.1) is 0 Å². The van der Waals surface area contributed by atoms with Crippen molar-refractivity contribution in [2.24, 2.45) is 0 Å². The van der Waals surface area contributed by atoms with E-state index in [-0.39, 0.29) is 11.5 Å². The molecule has 98 valence electrons. The largest absolute Gasteiger partial charge is 0.475 e. The van der Waals surface area contributed by atoms with Crippen LogP contribution in [0.4, 0.5) is 0 Å². The number of amides is 1. The van der Waals surface area contributed by atoms with Crippen LogP contribution in [-0.4, -0.2) is 39.1 Å². The molecule has 0 atom stereocenters. The van der Waals surface area contributed by atoms with Gasteiger partial charge in [0.25, 0.3) is 5.91 Å². The van der Waals surface area contributed by atoms with Gasteiger partial charge in [0.05, 0.1) is 0 Å². The fourth-order valence-corrected chi connectivity index (χ4v) is 1.51. The highest BCUT2D eigenvalue weighted by Crippen LogP contribution is 2.09. The predicted octanol–water partition coefficient (Wildman–Crippen LogP) is 1.04. The number of hydrogen-bond acceptors (Lipinski definition) is 5. The third-order valence-electron chi connectivity index (χ3n) is 2.46. The summed E-state index contributed by atoms with van der Waals surface area (Å²) in [4.78, 5) is 27.9. The zero-order valence-electron chi connectivity index (χ0n) is 10.1. The molecule has 0 aliphatic carbocycles. The Hall–Kier alpha value is -2.70. The Morgan fingerprint density at radius 2 is 2.05 bits per heavy atom. The van der Waals surface area contributed by atoms with Crippen LogP contribution in [0.15, 0.2) is 35.1 Å². The standard InChI is InChI=1S/C12H11N3O4/c1-15(7-8-2-4-13-5-3-8)11(16)9-6-10(12(17)18)19-14-9/h2-6H,7H2,1H3,(H,17,18). The van der Waals surface area contributed by atoms with Crippen LogP contribution in [0.25, 0.3) is 0 Å². The van der Waals surface area contributed by atoms with Crippen molar-refractivity contribution in [1.82, 2.24) is 15.0 Å².